The molecule has 1 atom stereocenters. The second-order valence-corrected chi connectivity index (χ2v) is 11.0. The summed E-state index contributed by atoms with van der Waals surface area (Å²) in [4.78, 5) is 23.5. The van der Waals surface area contributed by atoms with Crippen LogP contribution in [-0.4, -0.2) is 55.7 Å². The molecule has 2 aromatic carbocycles. The zero-order chi connectivity index (χ0) is 31.6. The van der Waals surface area contributed by atoms with Crippen molar-refractivity contribution >= 4 is 22.8 Å². The number of likely N-dealkylation sites (N-methyl/N-ethyl adjacent to an activating group) is 1. The summed E-state index contributed by atoms with van der Waals surface area (Å²) < 4.78 is 50.2. The minimum Gasteiger partial charge on any atom is -0.454 e. The van der Waals surface area contributed by atoms with E-state index in [1.807, 2.05) is 26.8 Å². The maximum Gasteiger partial charge on any atom is 0.264 e. The number of nitrogen functional groups attached to an aromatic ring is 1. The number of likely N-dealkylation sites (tertiary alicyclic amines) is 1. The summed E-state index contributed by atoms with van der Waals surface area (Å²) in [5.74, 6) is -3.77. The maximum absolute atomic E-state index is 15.5. The van der Waals surface area contributed by atoms with Crippen molar-refractivity contribution in [2.45, 2.75) is 45.2 Å². The minimum atomic E-state index is -1.19. The SMILES string of the molecule is CCNC(C)(C)C=C(C#N)C(=O)N1CCC[C@H](n2nc(-c3ccc(Oc4cccc(F)c4F)cc3F)c3c(N)ncnc32)C1. The molecular weight excluding hydrogens is 573 g/mol. The molecule has 1 amide bonds. The molecule has 10 nitrogen and oxygen atoms in total. The van der Waals surface area contributed by atoms with Crippen molar-refractivity contribution in [3.8, 4) is 28.8 Å². The number of carbonyl (C=O) groups excluding carboxylic acids is 1. The molecule has 3 heterocycles. The molecule has 1 saturated heterocycles. The number of amides is 1. The Morgan fingerprint density at radius 3 is 2.75 bits per heavy atom. The third-order valence-electron chi connectivity index (χ3n) is 7.38. The number of ether oxygens (including phenoxy) is 1. The Kier molecular flexibility index (Phi) is 8.55. The van der Waals surface area contributed by atoms with Gasteiger partial charge in [0.15, 0.2) is 17.2 Å². The number of halogens is 3. The standard InChI is InChI=1S/C31H31F3N8O2/c1-4-39-31(2,3)14-18(15-35)30(43)41-12-6-7-19(16-41)42-29-25(28(36)37-17-38-29)27(40-42)21-11-10-20(13-23(21)33)44-24-9-5-8-22(32)26(24)34/h5,8-11,13-14,17,19,39H,4,6-7,12,16H2,1-3H3,(H2,36,37,38)/t19-/m0/s1. The number of nitrogens with zero attached hydrogens (tertiary/aromatic N) is 6. The van der Waals surface area contributed by atoms with E-state index in [1.165, 1.54) is 30.6 Å². The fraction of sp³-hybridized carbons (Fsp3) is 0.323. The molecule has 0 radical (unpaired) electrons. The van der Waals surface area contributed by atoms with E-state index in [2.05, 4.69) is 15.3 Å². The van der Waals surface area contributed by atoms with Crippen molar-refractivity contribution in [3.05, 3.63) is 71.8 Å². The van der Waals surface area contributed by atoms with Crippen LogP contribution in [0.2, 0.25) is 0 Å². The monoisotopic (exact) mass is 604 g/mol. The van der Waals surface area contributed by atoms with Gasteiger partial charge in [0.2, 0.25) is 5.82 Å². The van der Waals surface area contributed by atoms with Crippen LogP contribution in [0.4, 0.5) is 19.0 Å². The number of rotatable bonds is 8. The summed E-state index contributed by atoms with van der Waals surface area (Å²) in [6.45, 7) is 7.09. The lowest BCUT2D eigenvalue weighted by molar-refractivity contribution is -0.128. The Hall–Kier alpha value is -4.96. The number of hydrogen-bond acceptors (Lipinski definition) is 8. The van der Waals surface area contributed by atoms with E-state index in [9.17, 15) is 18.8 Å². The fourth-order valence-corrected chi connectivity index (χ4v) is 5.40. The van der Waals surface area contributed by atoms with Crippen molar-refractivity contribution in [2.75, 3.05) is 25.4 Å². The molecule has 1 fully saturated rings. The lowest BCUT2D eigenvalue weighted by atomic mass is 9.99. The van der Waals surface area contributed by atoms with Crippen LogP contribution in [0, 0.1) is 28.8 Å². The van der Waals surface area contributed by atoms with Crippen LogP contribution in [-0.2, 0) is 4.79 Å². The zero-order valence-corrected chi connectivity index (χ0v) is 24.4. The van der Waals surface area contributed by atoms with Gasteiger partial charge in [-0.15, -0.1) is 0 Å². The number of fused-ring (bicyclic) bond motifs is 1. The van der Waals surface area contributed by atoms with E-state index in [0.29, 0.717) is 37.0 Å². The van der Waals surface area contributed by atoms with Crippen LogP contribution in [0.3, 0.4) is 0 Å². The minimum absolute atomic E-state index is 0.0386. The van der Waals surface area contributed by atoms with Gasteiger partial charge >= 0.3 is 0 Å². The van der Waals surface area contributed by atoms with Crippen LogP contribution >= 0.6 is 0 Å². The Morgan fingerprint density at radius 2 is 2.02 bits per heavy atom. The van der Waals surface area contributed by atoms with Crippen LogP contribution in [0.1, 0.15) is 39.7 Å². The molecule has 228 valence electrons. The Morgan fingerprint density at radius 1 is 1.23 bits per heavy atom. The van der Waals surface area contributed by atoms with Gasteiger partial charge in [-0.25, -0.2) is 23.4 Å². The van der Waals surface area contributed by atoms with Crippen molar-refractivity contribution in [3.63, 3.8) is 0 Å². The molecule has 0 aliphatic carbocycles. The molecular formula is C31H31F3N8O2. The molecule has 4 aromatic rings. The molecule has 3 N–H and O–H groups in total. The van der Waals surface area contributed by atoms with Gasteiger partial charge in [-0.05, 0) is 63.6 Å². The number of hydrogen-bond donors (Lipinski definition) is 2. The number of piperidine rings is 1. The predicted octanol–water partition coefficient (Wildman–Crippen LogP) is 5.29. The molecule has 1 aliphatic heterocycles. The topological polar surface area (TPSA) is 135 Å². The lowest BCUT2D eigenvalue weighted by Gasteiger charge is -2.33. The molecule has 2 aromatic heterocycles. The largest absolute Gasteiger partial charge is 0.454 e. The second-order valence-electron chi connectivity index (χ2n) is 11.0. The van der Waals surface area contributed by atoms with Crippen molar-refractivity contribution < 1.29 is 22.7 Å². The van der Waals surface area contributed by atoms with E-state index in [-0.39, 0.29) is 52.6 Å². The number of anilines is 1. The number of benzene rings is 2. The predicted molar refractivity (Wildman–Crippen MR) is 158 cm³/mol. The summed E-state index contributed by atoms with van der Waals surface area (Å²) in [7, 11) is 0. The average molecular weight is 605 g/mol. The molecule has 1 aliphatic rings. The molecule has 0 unspecified atom stereocenters. The van der Waals surface area contributed by atoms with E-state index < -0.39 is 23.0 Å². The zero-order valence-electron chi connectivity index (χ0n) is 24.4. The van der Waals surface area contributed by atoms with Gasteiger partial charge in [-0.1, -0.05) is 13.0 Å². The van der Waals surface area contributed by atoms with E-state index in [4.69, 9.17) is 15.6 Å². The van der Waals surface area contributed by atoms with E-state index >= 15 is 4.39 Å². The second kappa shape index (κ2) is 12.3. The van der Waals surface area contributed by atoms with Crippen LogP contribution in [0.15, 0.2) is 54.4 Å². The molecule has 5 rings (SSSR count). The van der Waals surface area contributed by atoms with Gasteiger partial charge in [0.1, 0.15) is 41.0 Å². The highest BCUT2D eigenvalue weighted by atomic mass is 19.2. The summed E-state index contributed by atoms with van der Waals surface area (Å²) in [6.07, 6.45) is 4.20. The fourth-order valence-electron chi connectivity index (χ4n) is 5.40. The Balaban J connectivity index is 1.47. The highest BCUT2D eigenvalue weighted by Crippen LogP contribution is 2.37. The van der Waals surface area contributed by atoms with Gasteiger partial charge in [-0.2, -0.15) is 14.8 Å². The first-order chi connectivity index (χ1) is 21.0. The average Bonchev–Trinajstić information content (AvgIpc) is 3.39. The molecule has 13 heteroatoms. The smallest absolute Gasteiger partial charge is 0.264 e. The van der Waals surface area contributed by atoms with Gasteiger partial charge in [0, 0.05) is 30.3 Å². The Bertz CT molecular complexity index is 1800. The van der Waals surface area contributed by atoms with Gasteiger partial charge < -0.3 is 20.7 Å². The lowest BCUT2D eigenvalue weighted by Crippen LogP contribution is -2.43. The van der Waals surface area contributed by atoms with Crippen molar-refractivity contribution in [1.82, 2.24) is 30.0 Å². The highest BCUT2D eigenvalue weighted by molar-refractivity contribution is 5.99. The number of nitriles is 1. The first-order valence-electron chi connectivity index (χ1n) is 14.1. The molecule has 44 heavy (non-hydrogen) atoms. The Labute approximate surface area is 252 Å². The quantitative estimate of drug-likeness (QED) is 0.205. The van der Waals surface area contributed by atoms with Crippen LogP contribution < -0.4 is 15.8 Å². The van der Waals surface area contributed by atoms with Gasteiger partial charge in [0.05, 0.1) is 11.4 Å². The van der Waals surface area contributed by atoms with Gasteiger partial charge in [-0.3, -0.25) is 4.79 Å². The normalized spacial score (nSPS) is 15.8. The molecule has 0 bridgehead atoms. The highest BCUT2D eigenvalue weighted by Gasteiger charge is 2.31. The molecule has 0 saturated carbocycles. The van der Waals surface area contributed by atoms with Crippen LogP contribution in [0.25, 0.3) is 22.3 Å². The summed E-state index contributed by atoms with van der Waals surface area (Å²) in [5.41, 5.74) is 6.30. The summed E-state index contributed by atoms with van der Waals surface area (Å²) in [6, 6.07) is 8.99. The van der Waals surface area contributed by atoms with Crippen LogP contribution in [0.5, 0.6) is 11.5 Å². The van der Waals surface area contributed by atoms with Crippen molar-refractivity contribution in [1.29, 1.82) is 5.26 Å². The first-order valence-corrected chi connectivity index (χ1v) is 14.1. The first kappa shape index (κ1) is 30.5. The van der Waals surface area contributed by atoms with Gasteiger partial charge in [0.25, 0.3) is 5.91 Å². The van der Waals surface area contributed by atoms with E-state index in [0.717, 1.165) is 12.1 Å². The number of aromatic nitrogens is 4. The van der Waals surface area contributed by atoms with E-state index in [1.54, 1.807) is 15.7 Å². The summed E-state index contributed by atoms with van der Waals surface area (Å²) in [5, 5.41) is 18.0. The number of nitrogens with two attached hydrogens (primary N) is 1. The third kappa shape index (κ3) is 6.07. The molecule has 0 spiro atoms. The number of nitrogens with one attached hydrogen (secondary N) is 1. The maximum atomic E-state index is 15.5. The van der Waals surface area contributed by atoms with Crippen molar-refractivity contribution in [2.24, 2.45) is 0 Å². The summed E-state index contributed by atoms with van der Waals surface area (Å²) >= 11 is 0. The number of carbonyl (C=O) groups is 1. The third-order valence-corrected chi connectivity index (χ3v) is 7.38.